The van der Waals surface area contributed by atoms with Gasteiger partial charge in [0.2, 0.25) is 0 Å². The molecule has 0 aliphatic heterocycles. The number of rotatable bonds is 2. The van der Waals surface area contributed by atoms with Gasteiger partial charge in [-0.15, -0.1) is 0 Å². The van der Waals surface area contributed by atoms with E-state index < -0.39 is 11.7 Å². The van der Waals surface area contributed by atoms with E-state index in [1.807, 2.05) is 0 Å². The van der Waals surface area contributed by atoms with Crippen molar-refractivity contribution in [3.8, 4) is 0 Å². The third-order valence-electron chi connectivity index (χ3n) is 4.55. The minimum Gasteiger partial charge on any atom is -0.390 e. The Bertz CT molecular complexity index is 325. The zero-order valence-electron chi connectivity index (χ0n) is 9.09. The maximum Gasteiger partial charge on any atom is 0.0994 e. The van der Waals surface area contributed by atoms with E-state index >= 15 is 0 Å². The number of hydrogen-bond donors (Lipinski definition) is 2. The summed E-state index contributed by atoms with van der Waals surface area (Å²) in [5.74, 6) is 0.535. The second-order valence-electron chi connectivity index (χ2n) is 5.44. The first kappa shape index (κ1) is 10.7. The Morgan fingerprint density at radius 3 is 2.67 bits per heavy atom. The van der Waals surface area contributed by atoms with Crippen LogP contribution in [0, 0.1) is 17.3 Å². The minimum absolute atomic E-state index is 0.0223. The highest BCUT2D eigenvalue weighted by atomic mass is 16.3. The summed E-state index contributed by atoms with van der Waals surface area (Å²) >= 11 is 0. The topological polar surface area (TPSA) is 89.2 Å². The molecule has 0 aromatic rings. The van der Waals surface area contributed by atoms with Gasteiger partial charge in [0.05, 0.1) is 18.2 Å². The van der Waals surface area contributed by atoms with Crippen molar-refractivity contribution in [2.45, 2.75) is 38.4 Å². The van der Waals surface area contributed by atoms with E-state index in [9.17, 15) is 10.2 Å². The van der Waals surface area contributed by atoms with Crippen LogP contribution in [0.2, 0.25) is 0 Å². The van der Waals surface area contributed by atoms with Crippen LogP contribution in [0.25, 0.3) is 10.4 Å². The van der Waals surface area contributed by atoms with E-state index in [4.69, 9.17) is 5.53 Å². The summed E-state index contributed by atoms with van der Waals surface area (Å²) in [6.45, 7) is 4.20. The number of azide groups is 1. The van der Waals surface area contributed by atoms with Crippen LogP contribution in [0.15, 0.2) is 5.11 Å². The first-order chi connectivity index (χ1) is 6.93. The third kappa shape index (κ3) is 1.27. The summed E-state index contributed by atoms with van der Waals surface area (Å²) in [4.78, 5) is 2.66. The largest absolute Gasteiger partial charge is 0.390 e. The molecule has 5 heteroatoms. The highest BCUT2D eigenvalue weighted by molar-refractivity contribution is 5.14. The van der Waals surface area contributed by atoms with Crippen LogP contribution in [0.3, 0.4) is 0 Å². The molecule has 0 heterocycles. The molecule has 15 heavy (non-hydrogen) atoms. The van der Waals surface area contributed by atoms with Crippen molar-refractivity contribution in [1.82, 2.24) is 0 Å². The maximum atomic E-state index is 10.4. The summed E-state index contributed by atoms with van der Waals surface area (Å²) in [6.07, 6.45) is 0.794. The molecule has 3 rings (SSSR count). The van der Waals surface area contributed by atoms with E-state index in [2.05, 4.69) is 23.9 Å². The van der Waals surface area contributed by atoms with Gasteiger partial charge in [-0.1, -0.05) is 19.0 Å². The Morgan fingerprint density at radius 1 is 1.47 bits per heavy atom. The van der Waals surface area contributed by atoms with E-state index in [-0.39, 0.29) is 17.9 Å². The number of aliphatic hydroxyl groups excluding tert-OH is 1. The van der Waals surface area contributed by atoms with Crippen LogP contribution in [-0.4, -0.2) is 28.5 Å². The van der Waals surface area contributed by atoms with Gasteiger partial charge in [0.1, 0.15) is 0 Å². The molecule has 2 N–H and O–H groups in total. The van der Waals surface area contributed by atoms with E-state index in [0.717, 1.165) is 6.42 Å². The molecule has 4 atom stereocenters. The standard InChI is InChI=1S/C10H17N3O2/c1-9(2)6-3-7(9)10(15,5-12-13-11)8(14)4-6/h6-8,14-15H,3-5H2,1-2H3/t6-,7-,8+,10-/m0/s1. The fraction of sp³-hybridized carbons (Fsp3) is 1.00. The molecule has 5 nitrogen and oxygen atoms in total. The lowest BCUT2D eigenvalue weighted by atomic mass is 9.43. The molecular weight excluding hydrogens is 194 g/mol. The summed E-state index contributed by atoms with van der Waals surface area (Å²) in [7, 11) is 0. The molecule has 0 radical (unpaired) electrons. The van der Waals surface area contributed by atoms with Gasteiger partial charge >= 0.3 is 0 Å². The highest BCUT2D eigenvalue weighted by Gasteiger charge is 2.64. The average Bonchev–Trinajstić information content (AvgIpc) is 2.18. The van der Waals surface area contributed by atoms with E-state index in [0.29, 0.717) is 12.3 Å². The van der Waals surface area contributed by atoms with Gasteiger partial charge in [-0.3, -0.25) is 0 Å². The van der Waals surface area contributed by atoms with Gasteiger partial charge < -0.3 is 10.2 Å². The van der Waals surface area contributed by atoms with Crippen molar-refractivity contribution < 1.29 is 10.2 Å². The molecule has 0 aromatic carbocycles. The zero-order valence-corrected chi connectivity index (χ0v) is 9.09. The number of hydrogen-bond acceptors (Lipinski definition) is 3. The molecule has 0 aromatic heterocycles. The van der Waals surface area contributed by atoms with Crippen LogP contribution < -0.4 is 0 Å². The molecule has 84 valence electrons. The van der Waals surface area contributed by atoms with Gasteiger partial charge in [-0.25, -0.2) is 0 Å². The fourth-order valence-corrected chi connectivity index (χ4v) is 3.33. The highest BCUT2D eigenvalue weighted by Crippen LogP contribution is 2.62. The molecule has 3 aliphatic carbocycles. The van der Waals surface area contributed by atoms with Gasteiger partial charge in [-0.05, 0) is 35.6 Å². The van der Waals surface area contributed by atoms with Crippen molar-refractivity contribution in [3.05, 3.63) is 10.4 Å². The second kappa shape index (κ2) is 3.11. The molecular formula is C10H17N3O2. The Labute approximate surface area is 88.7 Å². The summed E-state index contributed by atoms with van der Waals surface area (Å²) < 4.78 is 0. The summed E-state index contributed by atoms with van der Waals surface area (Å²) in [5.41, 5.74) is 7.13. The van der Waals surface area contributed by atoms with Crippen LogP contribution in [0.1, 0.15) is 26.7 Å². The zero-order chi connectivity index (χ0) is 11.3. The lowest BCUT2D eigenvalue weighted by molar-refractivity contribution is -0.248. The Hall–Kier alpha value is -0.770. The number of fused-ring (bicyclic) bond motifs is 2. The van der Waals surface area contributed by atoms with Crippen LogP contribution >= 0.6 is 0 Å². The molecule has 3 saturated carbocycles. The quantitative estimate of drug-likeness (QED) is 0.411. The lowest BCUT2D eigenvalue weighted by Crippen LogP contribution is -2.68. The fourth-order valence-electron chi connectivity index (χ4n) is 3.33. The lowest BCUT2D eigenvalue weighted by Gasteiger charge is -2.64. The average molecular weight is 211 g/mol. The predicted octanol–water partition coefficient (Wildman–Crippen LogP) is 1.45. The molecule has 0 amide bonds. The van der Waals surface area contributed by atoms with Crippen molar-refractivity contribution in [3.63, 3.8) is 0 Å². The molecule has 3 aliphatic rings. The molecule has 3 fully saturated rings. The first-order valence-corrected chi connectivity index (χ1v) is 5.34. The second-order valence-corrected chi connectivity index (χ2v) is 5.44. The minimum atomic E-state index is -1.22. The van der Waals surface area contributed by atoms with E-state index in [1.165, 1.54) is 0 Å². The maximum absolute atomic E-state index is 10.4. The molecule has 0 spiro atoms. The van der Waals surface area contributed by atoms with Crippen LogP contribution in [-0.2, 0) is 0 Å². The molecule has 2 bridgehead atoms. The van der Waals surface area contributed by atoms with Gasteiger partial charge in [-0.2, -0.15) is 0 Å². The van der Waals surface area contributed by atoms with Crippen molar-refractivity contribution >= 4 is 0 Å². The number of aliphatic hydroxyl groups is 2. The van der Waals surface area contributed by atoms with Gasteiger partial charge in [0.15, 0.2) is 0 Å². The Balaban J connectivity index is 2.25. The van der Waals surface area contributed by atoms with Crippen molar-refractivity contribution in [2.24, 2.45) is 22.4 Å². The van der Waals surface area contributed by atoms with Gasteiger partial charge in [0.25, 0.3) is 0 Å². The summed E-state index contributed by atoms with van der Waals surface area (Å²) in [6, 6.07) is 0. The Morgan fingerprint density at radius 2 is 2.13 bits per heavy atom. The monoisotopic (exact) mass is 211 g/mol. The molecule has 0 unspecified atom stereocenters. The van der Waals surface area contributed by atoms with Gasteiger partial charge in [0, 0.05) is 4.91 Å². The predicted molar refractivity (Wildman–Crippen MR) is 55.0 cm³/mol. The molecule has 0 saturated heterocycles. The summed E-state index contributed by atoms with van der Waals surface area (Å²) in [5, 5.41) is 23.7. The SMILES string of the molecule is CC1(C)[C@@H]2C[C@@H](O)[C@](O)(CN=[N+]=[N-])[C@H]1C2. The van der Waals surface area contributed by atoms with Crippen LogP contribution in [0.5, 0.6) is 0 Å². The number of nitrogens with zero attached hydrogens (tertiary/aromatic N) is 3. The Kier molecular flexibility index (Phi) is 2.23. The van der Waals surface area contributed by atoms with Crippen LogP contribution in [0.4, 0.5) is 0 Å². The van der Waals surface area contributed by atoms with Crippen molar-refractivity contribution in [1.29, 1.82) is 0 Å². The van der Waals surface area contributed by atoms with Crippen molar-refractivity contribution in [2.75, 3.05) is 6.54 Å². The first-order valence-electron chi connectivity index (χ1n) is 5.34. The smallest absolute Gasteiger partial charge is 0.0994 e. The normalized spacial score (nSPS) is 46.5. The third-order valence-corrected chi connectivity index (χ3v) is 4.55. The van der Waals surface area contributed by atoms with E-state index in [1.54, 1.807) is 0 Å².